The average Bonchev–Trinajstić information content (AvgIpc) is 2.60. The zero-order valence-electron chi connectivity index (χ0n) is 14.3. The normalized spacial score (nSPS) is 10.9. The zero-order chi connectivity index (χ0) is 18.2. The van der Waals surface area contributed by atoms with E-state index in [2.05, 4.69) is 34.9 Å². The van der Waals surface area contributed by atoms with E-state index in [1.807, 2.05) is 19.9 Å². The van der Waals surface area contributed by atoms with Gasteiger partial charge in [-0.1, -0.05) is 47.5 Å². The van der Waals surface area contributed by atoms with Gasteiger partial charge in [-0.15, -0.1) is 0 Å². The molecule has 0 saturated carbocycles. The highest BCUT2D eigenvalue weighted by Crippen LogP contribution is 2.23. The van der Waals surface area contributed by atoms with Gasteiger partial charge in [-0.2, -0.15) is 5.26 Å². The van der Waals surface area contributed by atoms with Gasteiger partial charge in [0.1, 0.15) is 11.6 Å². The van der Waals surface area contributed by atoms with Gasteiger partial charge in [0.05, 0.1) is 0 Å². The summed E-state index contributed by atoms with van der Waals surface area (Å²) in [5, 5.41) is 15.5. The molecule has 2 aromatic rings. The quantitative estimate of drug-likeness (QED) is 0.466. The molecule has 4 nitrogen and oxygen atoms in total. The molecule has 1 amide bonds. The molecule has 0 saturated heterocycles. The van der Waals surface area contributed by atoms with E-state index in [9.17, 15) is 10.1 Å². The van der Waals surface area contributed by atoms with Gasteiger partial charge < -0.3 is 10.6 Å². The molecule has 0 bridgehead atoms. The summed E-state index contributed by atoms with van der Waals surface area (Å²) in [5.41, 5.74) is 3.80. The number of benzene rings is 2. The molecule has 128 valence electrons. The van der Waals surface area contributed by atoms with Crippen molar-refractivity contribution in [2.75, 3.05) is 11.9 Å². The van der Waals surface area contributed by atoms with Crippen LogP contribution in [0.2, 0.25) is 5.02 Å². The Morgan fingerprint density at radius 3 is 2.60 bits per heavy atom. The molecule has 0 atom stereocenters. The van der Waals surface area contributed by atoms with Gasteiger partial charge in [0.25, 0.3) is 5.91 Å². The lowest BCUT2D eigenvalue weighted by Gasteiger charge is -2.09. The molecular weight excluding hydrogens is 334 g/mol. The summed E-state index contributed by atoms with van der Waals surface area (Å²) in [6, 6.07) is 15.4. The van der Waals surface area contributed by atoms with E-state index in [1.165, 1.54) is 17.3 Å². The van der Waals surface area contributed by atoms with Gasteiger partial charge in [-0.25, -0.2) is 0 Å². The van der Waals surface area contributed by atoms with Crippen LogP contribution in [0.1, 0.15) is 16.7 Å². The van der Waals surface area contributed by atoms with E-state index in [4.69, 9.17) is 11.6 Å². The Kier molecular flexibility index (Phi) is 6.62. The predicted molar refractivity (Wildman–Crippen MR) is 101 cm³/mol. The highest BCUT2D eigenvalue weighted by molar-refractivity contribution is 6.31. The fourth-order valence-corrected chi connectivity index (χ4v) is 2.40. The molecule has 2 rings (SSSR count). The topological polar surface area (TPSA) is 64.9 Å². The third-order valence-electron chi connectivity index (χ3n) is 3.81. The summed E-state index contributed by atoms with van der Waals surface area (Å²) < 4.78 is 0. The second-order valence-corrected chi connectivity index (χ2v) is 6.13. The Balaban J connectivity index is 1.92. The molecule has 0 aliphatic carbocycles. The van der Waals surface area contributed by atoms with E-state index in [0.29, 0.717) is 17.3 Å². The average molecular weight is 354 g/mol. The summed E-state index contributed by atoms with van der Waals surface area (Å²) >= 11 is 6.04. The lowest BCUT2D eigenvalue weighted by Crippen LogP contribution is -2.18. The Labute approximate surface area is 153 Å². The van der Waals surface area contributed by atoms with Crippen LogP contribution in [-0.4, -0.2) is 12.5 Å². The lowest BCUT2D eigenvalue weighted by molar-refractivity contribution is -0.112. The first-order chi connectivity index (χ1) is 12.0. The maximum Gasteiger partial charge on any atom is 0.267 e. The minimum atomic E-state index is -0.462. The van der Waals surface area contributed by atoms with Gasteiger partial charge >= 0.3 is 0 Å². The van der Waals surface area contributed by atoms with Crippen LogP contribution < -0.4 is 10.6 Å². The summed E-state index contributed by atoms with van der Waals surface area (Å²) in [6.45, 7) is 4.50. The maximum atomic E-state index is 12.2. The second-order valence-electron chi connectivity index (χ2n) is 5.73. The molecule has 2 N–H and O–H groups in total. The van der Waals surface area contributed by atoms with Crippen molar-refractivity contribution in [3.63, 3.8) is 0 Å². The third kappa shape index (κ3) is 5.37. The number of aryl methyl sites for hydroxylation is 1. The van der Waals surface area contributed by atoms with Gasteiger partial charge in [0, 0.05) is 23.5 Å². The van der Waals surface area contributed by atoms with Crippen molar-refractivity contribution in [3.8, 4) is 6.07 Å². The van der Waals surface area contributed by atoms with Crippen LogP contribution >= 0.6 is 11.6 Å². The SMILES string of the molecule is Cc1ccc(CCN/C=C(/C#N)C(=O)Nc2cccc(Cl)c2C)cc1. The molecule has 0 unspecified atom stereocenters. The molecule has 0 fully saturated rings. The number of anilines is 1. The lowest BCUT2D eigenvalue weighted by atomic mass is 10.1. The van der Waals surface area contributed by atoms with E-state index in [-0.39, 0.29) is 5.57 Å². The minimum absolute atomic E-state index is 0.0169. The Bertz CT molecular complexity index is 820. The monoisotopic (exact) mass is 353 g/mol. The fourth-order valence-electron chi connectivity index (χ4n) is 2.23. The van der Waals surface area contributed by atoms with E-state index < -0.39 is 5.91 Å². The first-order valence-corrected chi connectivity index (χ1v) is 8.34. The fraction of sp³-hybridized carbons (Fsp3) is 0.200. The number of rotatable bonds is 6. The number of nitrogens with one attached hydrogen (secondary N) is 2. The first-order valence-electron chi connectivity index (χ1n) is 7.97. The van der Waals surface area contributed by atoms with E-state index in [0.717, 1.165) is 12.0 Å². The van der Waals surface area contributed by atoms with Crippen LogP contribution in [0.3, 0.4) is 0 Å². The van der Waals surface area contributed by atoms with Crippen molar-refractivity contribution in [1.82, 2.24) is 5.32 Å². The maximum absolute atomic E-state index is 12.2. The van der Waals surface area contributed by atoms with E-state index >= 15 is 0 Å². The number of carbonyl (C=O) groups excluding carboxylic acids is 1. The largest absolute Gasteiger partial charge is 0.389 e. The van der Waals surface area contributed by atoms with Crippen molar-refractivity contribution in [2.45, 2.75) is 20.3 Å². The van der Waals surface area contributed by atoms with Crippen molar-refractivity contribution in [1.29, 1.82) is 5.26 Å². The number of halogens is 1. The number of nitriles is 1. The van der Waals surface area contributed by atoms with Crippen molar-refractivity contribution in [3.05, 3.63) is 76.0 Å². The zero-order valence-corrected chi connectivity index (χ0v) is 15.0. The summed E-state index contributed by atoms with van der Waals surface area (Å²) in [4.78, 5) is 12.2. The molecule has 25 heavy (non-hydrogen) atoms. The van der Waals surface area contributed by atoms with E-state index in [1.54, 1.807) is 18.2 Å². The van der Waals surface area contributed by atoms with Crippen LogP contribution in [0.4, 0.5) is 5.69 Å². The summed E-state index contributed by atoms with van der Waals surface area (Å²) in [6.07, 6.45) is 2.26. The summed E-state index contributed by atoms with van der Waals surface area (Å²) in [5.74, 6) is -0.462. The van der Waals surface area contributed by atoms with Crippen LogP contribution in [0.15, 0.2) is 54.2 Å². The van der Waals surface area contributed by atoms with Crippen LogP contribution in [0, 0.1) is 25.2 Å². The number of hydrogen-bond donors (Lipinski definition) is 2. The van der Waals surface area contributed by atoms with Gasteiger partial charge in [-0.05, 0) is 43.5 Å². The molecule has 0 spiro atoms. The molecule has 0 aromatic heterocycles. The minimum Gasteiger partial charge on any atom is -0.389 e. The number of hydrogen-bond acceptors (Lipinski definition) is 3. The smallest absolute Gasteiger partial charge is 0.267 e. The first kappa shape index (κ1) is 18.6. The van der Waals surface area contributed by atoms with Crippen LogP contribution in [-0.2, 0) is 11.2 Å². The van der Waals surface area contributed by atoms with Crippen LogP contribution in [0.5, 0.6) is 0 Å². The molecule has 5 heteroatoms. The van der Waals surface area contributed by atoms with Crippen molar-refractivity contribution < 1.29 is 4.79 Å². The van der Waals surface area contributed by atoms with Gasteiger partial charge in [0.15, 0.2) is 0 Å². The molecule has 0 radical (unpaired) electrons. The van der Waals surface area contributed by atoms with Gasteiger partial charge in [0.2, 0.25) is 0 Å². The van der Waals surface area contributed by atoms with Crippen molar-refractivity contribution in [2.24, 2.45) is 0 Å². The highest BCUT2D eigenvalue weighted by Gasteiger charge is 2.11. The molecule has 0 aliphatic heterocycles. The Morgan fingerprint density at radius 2 is 1.92 bits per heavy atom. The third-order valence-corrected chi connectivity index (χ3v) is 4.22. The Morgan fingerprint density at radius 1 is 1.20 bits per heavy atom. The van der Waals surface area contributed by atoms with Crippen molar-refractivity contribution >= 4 is 23.2 Å². The second kappa shape index (κ2) is 8.91. The molecule has 0 aliphatic rings. The standard InChI is InChI=1S/C20H20ClN3O/c1-14-6-8-16(9-7-14)10-11-23-13-17(12-22)20(25)24-19-5-3-4-18(21)15(19)2/h3-9,13,23H,10-11H2,1-2H3,(H,24,25)/b17-13-. The molecule has 2 aromatic carbocycles. The molecule has 0 heterocycles. The summed E-state index contributed by atoms with van der Waals surface area (Å²) in [7, 11) is 0. The number of carbonyl (C=O) groups is 1. The predicted octanol–water partition coefficient (Wildman–Crippen LogP) is 4.14. The number of nitrogens with zero attached hydrogens (tertiary/aromatic N) is 1. The van der Waals surface area contributed by atoms with Crippen LogP contribution in [0.25, 0.3) is 0 Å². The van der Waals surface area contributed by atoms with Gasteiger partial charge in [-0.3, -0.25) is 4.79 Å². The Hall–Kier alpha value is -2.77. The molecular formula is C20H20ClN3O. The number of amides is 1. The highest BCUT2D eigenvalue weighted by atomic mass is 35.5.